The number of rotatable bonds is 3. The van der Waals surface area contributed by atoms with Crippen molar-refractivity contribution >= 4 is 11.8 Å². The van der Waals surface area contributed by atoms with Crippen molar-refractivity contribution in [3.63, 3.8) is 0 Å². The number of carbonyl (C=O) groups is 2. The third-order valence-corrected chi connectivity index (χ3v) is 4.81. The van der Waals surface area contributed by atoms with Gasteiger partial charge in [-0.05, 0) is 50.3 Å². The Morgan fingerprint density at radius 3 is 2.55 bits per heavy atom. The minimum atomic E-state index is 0.135. The third kappa shape index (κ3) is 3.16. The second-order valence-corrected chi connectivity index (χ2v) is 6.46. The molecule has 1 atom stereocenters. The molecule has 22 heavy (non-hydrogen) atoms. The molecule has 0 aliphatic carbocycles. The highest BCUT2D eigenvalue weighted by atomic mass is 16.2. The van der Waals surface area contributed by atoms with Gasteiger partial charge in [0, 0.05) is 37.7 Å². The standard InChI is InChI=1S/C18H24N2O2/c1-14-5-2-3-12-20(14)18(22)16-9-7-15(8-10-16)13-19-11-4-6-17(19)21/h7-10,14H,2-6,11-13H2,1H3. The Labute approximate surface area is 132 Å². The molecule has 2 heterocycles. The van der Waals surface area contributed by atoms with Crippen LogP contribution in [0.25, 0.3) is 0 Å². The number of benzene rings is 1. The van der Waals surface area contributed by atoms with Gasteiger partial charge in [-0.15, -0.1) is 0 Å². The van der Waals surface area contributed by atoms with Crippen LogP contribution in [0.1, 0.15) is 54.9 Å². The Bertz CT molecular complexity index is 553. The van der Waals surface area contributed by atoms with Gasteiger partial charge in [0.05, 0.1) is 0 Å². The highest BCUT2D eigenvalue weighted by Gasteiger charge is 2.24. The molecule has 3 rings (SSSR count). The van der Waals surface area contributed by atoms with Crippen LogP contribution in [0.15, 0.2) is 24.3 Å². The highest BCUT2D eigenvalue weighted by molar-refractivity contribution is 5.94. The van der Waals surface area contributed by atoms with Crippen LogP contribution in [0.2, 0.25) is 0 Å². The zero-order chi connectivity index (χ0) is 15.5. The van der Waals surface area contributed by atoms with Crippen LogP contribution < -0.4 is 0 Å². The van der Waals surface area contributed by atoms with Crippen LogP contribution in [0.4, 0.5) is 0 Å². The molecule has 2 saturated heterocycles. The molecule has 1 aromatic carbocycles. The average molecular weight is 300 g/mol. The topological polar surface area (TPSA) is 40.6 Å². The fourth-order valence-corrected chi connectivity index (χ4v) is 3.41. The molecule has 0 N–H and O–H groups in total. The van der Waals surface area contributed by atoms with Gasteiger partial charge in [-0.25, -0.2) is 0 Å². The van der Waals surface area contributed by atoms with Gasteiger partial charge >= 0.3 is 0 Å². The van der Waals surface area contributed by atoms with Crippen molar-refractivity contribution in [1.82, 2.24) is 9.80 Å². The first-order valence-electron chi connectivity index (χ1n) is 8.33. The van der Waals surface area contributed by atoms with Gasteiger partial charge in [0.25, 0.3) is 5.91 Å². The second-order valence-electron chi connectivity index (χ2n) is 6.46. The highest BCUT2D eigenvalue weighted by Crippen LogP contribution is 2.20. The largest absolute Gasteiger partial charge is 0.338 e. The van der Waals surface area contributed by atoms with Crippen molar-refractivity contribution in [1.29, 1.82) is 0 Å². The lowest BCUT2D eigenvalue weighted by Gasteiger charge is -2.33. The summed E-state index contributed by atoms with van der Waals surface area (Å²) in [6, 6.07) is 8.10. The summed E-state index contributed by atoms with van der Waals surface area (Å²) in [4.78, 5) is 28.1. The molecule has 0 radical (unpaired) electrons. The Balaban J connectivity index is 1.65. The van der Waals surface area contributed by atoms with E-state index in [4.69, 9.17) is 0 Å². The van der Waals surface area contributed by atoms with Gasteiger partial charge in [-0.3, -0.25) is 9.59 Å². The van der Waals surface area contributed by atoms with E-state index in [9.17, 15) is 9.59 Å². The van der Waals surface area contributed by atoms with E-state index in [1.165, 1.54) is 6.42 Å². The molecule has 4 nitrogen and oxygen atoms in total. The van der Waals surface area contributed by atoms with E-state index >= 15 is 0 Å². The summed E-state index contributed by atoms with van der Waals surface area (Å²) in [7, 11) is 0. The van der Waals surface area contributed by atoms with E-state index in [2.05, 4.69) is 6.92 Å². The molecule has 118 valence electrons. The van der Waals surface area contributed by atoms with E-state index in [1.54, 1.807) is 0 Å². The van der Waals surface area contributed by atoms with E-state index < -0.39 is 0 Å². The van der Waals surface area contributed by atoms with Crippen molar-refractivity contribution < 1.29 is 9.59 Å². The van der Waals surface area contributed by atoms with Gasteiger partial charge in [-0.1, -0.05) is 12.1 Å². The molecule has 0 bridgehead atoms. The molecule has 2 fully saturated rings. The monoisotopic (exact) mass is 300 g/mol. The van der Waals surface area contributed by atoms with Crippen molar-refractivity contribution in [2.45, 2.75) is 51.6 Å². The van der Waals surface area contributed by atoms with Crippen LogP contribution in [-0.2, 0) is 11.3 Å². The summed E-state index contributed by atoms with van der Waals surface area (Å²) in [5.74, 6) is 0.373. The zero-order valence-electron chi connectivity index (χ0n) is 13.3. The molecule has 0 saturated carbocycles. The lowest BCUT2D eigenvalue weighted by Crippen LogP contribution is -2.42. The number of hydrogen-bond donors (Lipinski definition) is 0. The summed E-state index contributed by atoms with van der Waals surface area (Å²) in [6.45, 7) is 4.51. The summed E-state index contributed by atoms with van der Waals surface area (Å²) in [6.07, 6.45) is 5.05. The van der Waals surface area contributed by atoms with E-state index in [-0.39, 0.29) is 11.8 Å². The van der Waals surface area contributed by atoms with E-state index in [1.807, 2.05) is 34.1 Å². The molecule has 0 spiro atoms. The van der Waals surface area contributed by atoms with Crippen molar-refractivity contribution in [2.24, 2.45) is 0 Å². The van der Waals surface area contributed by atoms with E-state index in [0.717, 1.165) is 43.5 Å². The molecular weight excluding hydrogens is 276 g/mol. The normalized spacial score (nSPS) is 22.2. The minimum absolute atomic E-state index is 0.135. The number of amides is 2. The summed E-state index contributed by atoms with van der Waals surface area (Å²) >= 11 is 0. The molecule has 0 aromatic heterocycles. The van der Waals surface area contributed by atoms with Crippen LogP contribution in [0.3, 0.4) is 0 Å². The summed E-state index contributed by atoms with van der Waals surface area (Å²) in [5.41, 5.74) is 1.85. The van der Waals surface area contributed by atoms with Gasteiger partial charge in [-0.2, -0.15) is 0 Å². The van der Waals surface area contributed by atoms with Crippen molar-refractivity contribution in [3.8, 4) is 0 Å². The van der Waals surface area contributed by atoms with Crippen LogP contribution in [0, 0.1) is 0 Å². The fourth-order valence-electron chi connectivity index (χ4n) is 3.41. The third-order valence-electron chi connectivity index (χ3n) is 4.81. The van der Waals surface area contributed by atoms with Gasteiger partial charge < -0.3 is 9.80 Å². The second kappa shape index (κ2) is 6.51. The maximum atomic E-state index is 12.6. The zero-order valence-corrected chi connectivity index (χ0v) is 13.3. The van der Waals surface area contributed by atoms with Crippen LogP contribution >= 0.6 is 0 Å². The molecule has 1 unspecified atom stereocenters. The van der Waals surface area contributed by atoms with Gasteiger partial charge in [0.2, 0.25) is 5.91 Å². The predicted octanol–water partition coefficient (Wildman–Crippen LogP) is 2.82. The molecular formula is C18H24N2O2. The Morgan fingerprint density at radius 1 is 1.14 bits per heavy atom. The lowest BCUT2D eigenvalue weighted by molar-refractivity contribution is -0.128. The fraction of sp³-hybridized carbons (Fsp3) is 0.556. The average Bonchev–Trinajstić information content (AvgIpc) is 2.93. The smallest absolute Gasteiger partial charge is 0.254 e. The minimum Gasteiger partial charge on any atom is -0.338 e. The number of hydrogen-bond acceptors (Lipinski definition) is 2. The van der Waals surface area contributed by atoms with Gasteiger partial charge in [0.15, 0.2) is 0 Å². The molecule has 4 heteroatoms. The first-order valence-corrected chi connectivity index (χ1v) is 8.33. The van der Waals surface area contributed by atoms with Crippen molar-refractivity contribution in [3.05, 3.63) is 35.4 Å². The number of piperidine rings is 1. The summed E-state index contributed by atoms with van der Waals surface area (Å²) < 4.78 is 0. The van der Waals surface area contributed by atoms with Crippen LogP contribution in [-0.4, -0.2) is 40.7 Å². The quantitative estimate of drug-likeness (QED) is 0.861. The first kappa shape index (κ1) is 15.1. The summed E-state index contributed by atoms with van der Waals surface area (Å²) in [5, 5.41) is 0. The number of nitrogens with zero attached hydrogens (tertiary/aromatic N) is 2. The molecule has 2 amide bonds. The first-order chi connectivity index (χ1) is 10.6. The Kier molecular flexibility index (Phi) is 4.46. The Hall–Kier alpha value is -1.84. The Morgan fingerprint density at radius 2 is 1.91 bits per heavy atom. The van der Waals surface area contributed by atoms with Gasteiger partial charge in [0.1, 0.15) is 0 Å². The predicted molar refractivity (Wildman–Crippen MR) is 85.4 cm³/mol. The molecule has 2 aliphatic rings. The maximum absolute atomic E-state index is 12.6. The van der Waals surface area contributed by atoms with Crippen LogP contribution in [0.5, 0.6) is 0 Å². The lowest BCUT2D eigenvalue weighted by atomic mass is 10.0. The molecule has 2 aliphatic heterocycles. The number of likely N-dealkylation sites (tertiary alicyclic amines) is 2. The SMILES string of the molecule is CC1CCCCN1C(=O)c1ccc(CN2CCCC2=O)cc1. The number of carbonyl (C=O) groups excluding carboxylic acids is 2. The van der Waals surface area contributed by atoms with E-state index in [0.29, 0.717) is 19.0 Å². The maximum Gasteiger partial charge on any atom is 0.254 e. The molecule has 1 aromatic rings. The van der Waals surface area contributed by atoms with Crippen molar-refractivity contribution in [2.75, 3.05) is 13.1 Å².